The number of hydrogen-bond acceptors (Lipinski definition) is 2. The minimum atomic E-state index is -2.46. The van der Waals surface area contributed by atoms with Crippen LogP contribution in [0.2, 0.25) is 0 Å². The molecule has 1 aliphatic rings. The lowest BCUT2D eigenvalue weighted by atomic mass is 9.81. The van der Waals surface area contributed by atoms with Crippen molar-refractivity contribution in [3.8, 4) is 0 Å². The zero-order valence-electron chi connectivity index (χ0n) is 9.46. The number of rotatable bonds is 3. The second kappa shape index (κ2) is 5.33. The maximum Gasteiger partial charge on any atom is 0.248 e. The molecule has 96 valence electrons. The maximum absolute atomic E-state index is 13.0. The Balaban J connectivity index is 1.89. The summed E-state index contributed by atoms with van der Waals surface area (Å²) in [6.07, 6.45) is 1.89. The SMILES string of the molecule is NC(Cc1sccc1Br)C1CCC(F)(F)CC1. The summed E-state index contributed by atoms with van der Waals surface area (Å²) < 4.78 is 27.2. The van der Waals surface area contributed by atoms with Gasteiger partial charge >= 0.3 is 0 Å². The van der Waals surface area contributed by atoms with Crippen LogP contribution in [0.1, 0.15) is 30.6 Å². The fourth-order valence-electron chi connectivity index (χ4n) is 2.34. The minimum Gasteiger partial charge on any atom is -0.327 e. The van der Waals surface area contributed by atoms with Crippen LogP contribution in [0.4, 0.5) is 8.78 Å². The van der Waals surface area contributed by atoms with Gasteiger partial charge in [0.15, 0.2) is 0 Å². The summed E-state index contributed by atoms with van der Waals surface area (Å²) in [6, 6.07) is 2.00. The van der Waals surface area contributed by atoms with Crippen molar-refractivity contribution in [2.45, 2.75) is 44.1 Å². The molecule has 1 heterocycles. The van der Waals surface area contributed by atoms with Gasteiger partial charge in [0, 0.05) is 28.2 Å². The van der Waals surface area contributed by atoms with Crippen molar-refractivity contribution < 1.29 is 8.78 Å². The molecule has 0 bridgehead atoms. The third-order valence-electron chi connectivity index (χ3n) is 3.48. The Morgan fingerprint density at radius 3 is 2.65 bits per heavy atom. The number of halogens is 3. The molecule has 2 rings (SSSR count). The molecule has 0 radical (unpaired) electrons. The van der Waals surface area contributed by atoms with E-state index in [9.17, 15) is 8.78 Å². The Labute approximate surface area is 113 Å². The summed E-state index contributed by atoms with van der Waals surface area (Å²) in [5.74, 6) is -2.22. The lowest BCUT2D eigenvalue weighted by molar-refractivity contribution is -0.0481. The zero-order chi connectivity index (χ0) is 12.5. The second-order valence-electron chi connectivity index (χ2n) is 4.75. The van der Waals surface area contributed by atoms with E-state index in [1.165, 1.54) is 4.88 Å². The van der Waals surface area contributed by atoms with E-state index in [1.54, 1.807) is 11.3 Å². The molecule has 1 unspecified atom stereocenters. The van der Waals surface area contributed by atoms with Gasteiger partial charge in [0.2, 0.25) is 5.92 Å². The van der Waals surface area contributed by atoms with Gasteiger partial charge in [0.05, 0.1) is 0 Å². The summed E-state index contributed by atoms with van der Waals surface area (Å²) in [5, 5.41) is 2.02. The van der Waals surface area contributed by atoms with Crippen molar-refractivity contribution in [3.05, 3.63) is 20.8 Å². The van der Waals surface area contributed by atoms with Gasteiger partial charge in [0.1, 0.15) is 0 Å². The highest BCUT2D eigenvalue weighted by Gasteiger charge is 2.36. The quantitative estimate of drug-likeness (QED) is 0.886. The number of hydrogen-bond donors (Lipinski definition) is 1. The Bertz CT molecular complexity index is 370. The lowest BCUT2D eigenvalue weighted by Gasteiger charge is -2.31. The van der Waals surface area contributed by atoms with Gasteiger partial charge in [-0.15, -0.1) is 11.3 Å². The van der Waals surface area contributed by atoms with Crippen molar-refractivity contribution in [3.63, 3.8) is 0 Å². The molecule has 0 saturated heterocycles. The van der Waals surface area contributed by atoms with Gasteiger partial charge in [-0.25, -0.2) is 8.78 Å². The van der Waals surface area contributed by atoms with E-state index in [-0.39, 0.29) is 24.8 Å². The molecule has 2 N–H and O–H groups in total. The molecule has 0 amide bonds. The molecule has 0 spiro atoms. The first-order chi connectivity index (χ1) is 7.98. The fourth-order valence-corrected chi connectivity index (χ4v) is 3.93. The zero-order valence-corrected chi connectivity index (χ0v) is 11.9. The first-order valence-electron chi connectivity index (χ1n) is 5.83. The molecule has 1 aromatic heterocycles. The van der Waals surface area contributed by atoms with Crippen molar-refractivity contribution in [1.29, 1.82) is 0 Å². The van der Waals surface area contributed by atoms with Crippen LogP contribution in [-0.4, -0.2) is 12.0 Å². The largest absolute Gasteiger partial charge is 0.327 e. The molecule has 17 heavy (non-hydrogen) atoms. The van der Waals surface area contributed by atoms with Gasteiger partial charge in [-0.3, -0.25) is 0 Å². The van der Waals surface area contributed by atoms with Crippen LogP contribution in [0.3, 0.4) is 0 Å². The molecule has 1 fully saturated rings. The van der Waals surface area contributed by atoms with Crippen LogP contribution in [0.5, 0.6) is 0 Å². The summed E-state index contributed by atoms with van der Waals surface area (Å²) in [4.78, 5) is 1.22. The average Bonchev–Trinajstić information content (AvgIpc) is 2.64. The highest BCUT2D eigenvalue weighted by Crippen LogP contribution is 2.38. The van der Waals surface area contributed by atoms with E-state index < -0.39 is 5.92 Å². The molecule has 0 aromatic carbocycles. The van der Waals surface area contributed by atoms with Crippen LogP contribution < -0.4 is 5.73 Å². The van der Waals surface area contributed by atoms with Crippen molar-refractivity contribution in [1.82, 2.24) is 0 Å². The third kappa shape index (κ3) is 3.48. The molecular weight excluding hydrogens is 308 g/mol. The number of alkyl halides is 2. The minimum absolute atomic E-state index is 0.000972. The predicted octanol–water partition coefficient (Wildman–Crippen LogP) is 4.21. The van der Waals surface area contributed by atoms with Crippen molar-refractivity contribution in [2.75, 3.05) is 0 Å². The molecule has 1 aliphatic carbocycles. The summed E-state index contributed by atoms with van der Waals surface area (Å²) >= 11 is 5.14. The highest BCUT2D eigenvalue weighted by molar-refractivity contribution is 9.10. The van der Waals surface area contributed by atoms with Crippen LogP contribution in [0.15, 0.2) is 15.9 Å². The smallest absolute Gasteiger partial charge is 0.248 e. The van der Waals surface area contributed by atoms with E-state index >= 15 is 0 Å². The monoisotopic (exact) mass is 323 g/mol. The van der Waals surface area contributed by atoms with E-state index in [4.69, 9.17) is 5.73 Å². The Hall–Kier alpha value is -0.0000000000000000555. The molecule has 1 atom stereocenters. The molecule has 0 aliphatic heterocycles. The lowest BCUT2D eigenvalue weighted by Crippen LogP contribution is -2.37. The predicted molar refractivity (Wildman–Crippen MR) is 70.6 cm³/mol. The standard InChI is InChI=1S/C12H16BrF2NS/c13-9-3-6-17-11(9)7-10(16)8-1-4-12(14,15)5-2-8/h3,6,8,10H,1-2,4-5,7,16H2. The fraction of sp³-hybridized carbons (Fsp3) is 0.667. The Morgan fingerprint density at radius 1 is 1.47 bits per heavy atom. The Kier molecular flexibility index (Phi) is 4.21. The van der Waals surface area contributed by atoms with Crippen LogP contribution in [-0.2, 0) is 6.42 Å². The molecule has 1 nitrogen and oxygen atoms in total. The van der Waals surface area contributed by atoms with Crippen LogP contribution in [0, 0.1) is 5.92 Å². The van der Waals surface area contributed by atoms with E-state index in [1.807, 2.05) is 11.4 Å². The van der Waals surface area contributed by atoms with E-state index in [2.05, 4.69) is 15.9 Å². The van der Waals surface area contributed by atoms with Gasteiger partial charge in [-0.2, -0.15) is 0 Å². The normalized spacial score (nSPS) is 22.6. The summed E-state index contributed by atoms with van der Waals surface area (Å²) in [6.45, 7) is 0. The van der Waals surface area contributed by atoms with E-state index in [0.717, 1.165) is 10.9 Å². The summed E-state index contributed by atoms with van der Waals surface area (Å²) in [5.41, 5.74) is 6.14. The highest BCUT2D eigenvalue weighted by atomic mass is 79.9. The van der Waals surface area contributed by atoms with Crippen LogP contribution >= 0.6 is 27.3 Å². The second-order valence-corrected chi connectivity index (χ2v) is 6.61. The van der Waals surface area contributed by atoms with Gasteiger partial charge in [0.25, 0.3) is 0 Å². The first-order valence-corrected chi connectivity index (χ1v) is 7.50. The number of nitrogens with two attached hydrogens (primary N) is 1. The maximum atomic E-state index is 13.0. The van der Waals surface area contributed by atoms with Crippen molar-refractivity contribution in [2.24, 2.45) is 11.7 Å². The summed E-state index contributed by atoms with van der Waals surface area (Å²) in [7, 11) is 0. The topological polar surface area (TPSA) is 26.0 Å². The van der Waals surface area contributed by atoms with Gasteiger partial charge < -0.3 is 5.73 Å². The molecule has 1 saturated carbocycles. The van der Waals surface area contributed by atoms with Crippen LogP contribution in [0.25, 0.3) is 0 Å². The number of thiophene rings is 1. The molecule has 5 heteroatoms. The van der Waals surface area contributed by atoms with Gasteiger partial charge in [-0.05, 0) is 52.6 Å². The first kappa shape index (κ1) is 13.4. The van der Waals surface area contributed by atoms with Gasteiger partial charge in [-0.1, -0.05) is 0 Å². The van der Waals surface area contributed by atoms with E-state index in [0.29, 0.717) is 12.8 Å². The third-order valence-corrected chi connectivity index (χ3v) is 5.43. The van der Waals surface area contributed by atoms with Crippen molar-refractivity contribution >= 4 is 27.3 Å². The Morgan fingerprint density at radius 2 is 2.12 bits per heavy atom. The molecule has 1 aromatic rings. The molecular formula is C12H16BrF2NS. The average molecular weight is 324 g/mol.